The monoisotopic (exact) mass is 231 g/mol. The Hall–Kier alpha value is -2.30. The molecule has 0 saturated heterocycles. The minimum atomic E-state index is -0.702. The normalized spacial score (nSPS) is 10.2. The number of nitrogens with two attached hydrogens (primary N) is 1. The number of aromatic nitrogens is 2. The first-order chi connectivity index (χ1) is 8.06. The highest BCUT2D eigenvalue weighted by molar-refractivity contribution is 5.89. The number of benzene rings is 1. The molecular weight excluding hydrogens is 221 g/mol. The fourth-order valence-electron chi connectivity index (χ4n) is 1.47. The number of carbonyl (C=O) groups is 1. The number of primary amides is 1. The molecule has 1 aromatic heterocycles. The molecule has 2 N–H and O–H groups in total. The van der Waals surface area contributed by atoms with Crippen LogP contribution in [0.3, 0.4) is 0 Å². The standard InChI is InChI=1S/C12H10FN3O/c1-7-5-10(16-12(15-7)11(14)17)8-3-2-4-9(13)6-8/h2-6H,1H3,(H2,14,17). The van der Waals surface area contributed by atoms with Crippen LogP contribution < -0.4 is 5.73 Å². The Morgan fingerprint density at radius 2 is 2.06 bits per heavy atom. The first-order valence-corrected chi connectivity index (χ1v) is 4.97. The summed E-state index contributed by atoms with van der Waals surface area (Å²) in [7, 11) is 0. The second-order valence-corrected chi connectivity index (χ2v) is 3.59. The van der Waals surface area contributed by atoms with E-state index in [0.29, 0.717) is 17.0 Å². The van der Waals surface area contributed by atoms with Gasteiger partial charge in [0.2, 0.25) is 5.82 Å². The molecule has 0 radical (unpaired) electrons. The number of nitrogens with zero attached hydrogens (tertiary/aromatic N) is 2. The molecule has 0 aliphatic carbocycles. The summed E-state index contributed by atoms with van der Waals surface area (Å²) in [4.78, 5) is 18.9. The highest BCUT2D eigenvalue weighted by Crippen LogP contribution is 2.18. The lowest BCUT2D eigenvalue weighted by atomic mass is 10.1. The Kier molecular flexibility index (Phi) is 2.82. The molecule has 0 saturated carbocycles. The van der Waals surface area contributed by atoms with E-state index < -0.39 is 5.91 Å². The summed E-state index contributed by atoms with van der Waals surface area (Å²) in [5, 5.41) is 0. The molecule has 2 rings (SSSR count). The Balaban J connectivity index is 2.56. The zero-order chi connectivity index (χ0) is 12.4. The van der Waals surface area contributed by atoms with Gasteiger partial charge in [0.25, 0.3) is 5.91 Å². The molecule has 0 unspecified atom stereocenters. The number of amides is 1. The summed E-state index contributed by atoms with van der Waals surface area (Å²) < 4.78 is 13.1. The second-order valence-electron chi connectivity index (χ2n) is 3.59. The van der Waals surface area contributed by atoms with E-state index in [9.17, 15) is 9.18 Å². The molecule has 5 heteroatoms. The van der Waals surface area contributed by atoms with Gasteiger partial charge in [0.05, 0.1) is 5.69 Å². The van der Waals surface area contributed by atoms with E-state index in [1.165, 1.54) is 12.1 Å². The zero-order valence-electron chi connectivity index (χ0n) is 9.14. The van der Waals surface area contributed by atoms with Crippen LogP contribution in [0.5, 0.6) is 0 Å². The van der Waals surface area contributed by atoms with Gasteiger partial charge in [-0.2, -0.15) is 0 Å². The molecule has 1 heterocycles. The lowest BCUT2D eigenvalue weighted by Gasteiger charge is -2.04. The van der Waals surface area contributed by atoms with E-state index in [4.69, 9.17) is 5.73 Å². The summed E-state index contributed by atoms with van der Waals surface area (Å²) in [5.41, 5.74) is 6.79. The van der Waals surface area contributed by atoms with E-state index >= 15 is 0 Å². The fraction of sp³-hybridized carbons (Fsp3) is 0.0833. The fourth-order valence-corrected chi connectivity index (χ4v) is 1.47. The third-order valence-corrected chi connectivity index (χ3v) is 2.19. The van der Waals surface area contributed by atoms with E-state index in [2.05, 4.69) is 9.97 Å². The van der Waals surface area contributed by atoms with Crippen LogP contribution in [0.15, 0.2) is 30.3 Å². The topological polar surface area (TPSA) is 68.9 Å². The average Bonchev–Trinajstić information content (AvgIpc) is 2.28. The number of hydrogen-bond donors (Lipinski definition) is 1. The van der Waals surface area contributed by atoms with Gasteiger partial charge in [0.1, 0.15) is 5.82 Å². The summed E-state index contributed by atoms with van der Waals surface area (Å²) >= 11 is 0. The molecular formula is C12H10FN3O. The number of halogens is 1. The zero-order valence-corrected chi connectivity index (χ0v) is 9.14. The maximum absolute atomic E-state index is 13.1. The van der Waals surface area contributed by atoms with Crippen molar-refractivity contribution in [2.45, 2.75) is 6.92 Å². The first-order valence-electron chi connectivity index (χ1n) is 4.97. The molecule has 0 spiro atoms. The molecule has 0 aliphatic heterocycles. The highest BCUT2D eigenvalue weighted by atomic mass is 19.1. The van der Waals surface area contributed by atoms with Gasteiger partial charge in [-0.05, 0) is 25.1 Å². The maximum atomic E-state index is 13.1. The molecule has 2 aromatic rings. The van der Waals surface area contributed by atoms with Crippen LogP contribution in [0, 0.1) is 12.7 Å². The molecule has 1 amide bonds. The van der Waals surface area contributed by atoms with Crippen LogP contribution >= 0.6 is 0 Å². The predicted octanol–water partition coefficient (Wildman–Crippen LogP) is 1.69. The largest absolute Gasteiger partial charge is 0.363 e. The van der Waals surface area contributed by atoms with Crippen molar-refractivity contribution >= 4 is 5.91 Å². The van der Waals surface area contributed by atoms with E-state index in [0.717, 1.165) is 0 Å². The van der Waals surface area contributed by atoms with Gasteiger partial charge < -0.3 is 5.73 Å². The van der Waals surface area contributed by atoms with Crippen molar-refractivity contribution in [1.82, 2.24) is 9.97 Å². The molecule has 86 valence electrons. The molecule has 0 atom stereocenters. The van der Waals surface area contributed by atoms with Gasteiger partial charge in [-0.1, -0.05) is 12.1 Å². The van der Waals surface area contributed by atoms with Gasteiger partial charge in [-0.3, -0.25) is 4.79 Å². The van der Waals surface area contributed by atoms with Crippen LogP contribution in [0.1, 0.15) is 16.3 Å². The third-order valence-electron chi connectivity index (χ3n) is 2.19. The molecule has 0 fully saturated rings. The van der Waals surface area contributed by atoms with Gasteiger partial charge in [0.15, 0.2) is 0 Å². The van der Waals surface area contributed by atoms with Gasteiger partial charge >= 0.3 is 0 Å². The molecule has 0 aliphatic rings. The Morgan fingerprint density at radius 1 is 1.29 bits per heavy atom. The maximum Gasteiger partial charge on any atom is 0.286 e. The smallest absolute Gasteiger partial charge is 0.286 e. The van der Waals surface area contributed by atoms with Crippen molar-refractivity contribution in [3.8, 4) is 11.3 Å². The van der Waals surface area contributed by atoms with E-state index in [1.54, 1.807) is 25.1 Å². The van der Waals surface area contributed by atoms with Crippen LogP contribution in [-0.2, 0) is 0 Å². The average molecular weight is 231 g/mol. The quantitative estimate of drug-likeness (QED) is 0.855. The Bertz CT molecular complexity index is 584. The van der Waals surface area contributed by atoms with Gasteiger partial charge in [-0.25, -0.2) is 14.4 Å². The van der Waals surface area contributed by atoms with Crippen molar-refractivity contribution in [2.75, 3.05) is 0 Å². The van der Waals surface area contributed by atoms with Crippen molar-refractivity contribution in [1.29, 1.82) is 0 Å². The SMILES string of the molecule is Cc1cc(-c2cccc(F)c2)nc(C(N)=O)n1. The summed E-state index contributed by atoms with van der Waals surface area (Å²) in [5.74, 6) is -1.13. The van der Waals surface area contributed by atoms with Crippen LogP contribution in [0.4, 0.5) is 4.39 Å². The van der Waals surface area contributed by atoms with Gasteiger partial charge in [-0.15, -0.1) is 0 Å². The van der Waals surface area contributed by atoms with Crippen LogP contribution in [-0.4, -0.2) is 15.9 Å². The summed E-state index contributed by atoms with van der Waals surface area (Å²) in [6.45, 7) is 1.72. The lowest BCUT2D eigenvalue weighted by Crippen LogP contribution is -2.16. The van der Waals surface area contributed by atoms with Crippen LogP contribution in [0.25, 0.3) is 11.3 Å². The Morgan fingerprint density at radius 3 is 2.71 bits per heavy atom. The summed E-state index contributed by atoms with van der Waals surface area (Å²) in [6.07, 6.45) is 0. The Labute approximate surface area is 97.3 Å². The number of carbonyl (C=O) groups excluding carboxylic acids is 1. The van der Waals surface area contributed by atoms with Crippen molar-refractivity contribution in [3.63, 3.8) is 0 Å². The molecule has 17 heavy (non-hydrogen) atoms. The number of rotatable bonds is 2. The van der Waals surface area contributed by atoms with Crippen LogP contribution in [0.2, 0.25) is 0 Å². The predicted molar refractivity (Wildman–Crippen MR) is 60.7 cm³/mol. The highest BCUT2D eigenvalue weighted by Gasteiger charge is 2.09. The lowest BCUT2D eigenvalue weighted by molar-refractivity contribution is 0.0990. The summed E-state index contributed by atoms with van der Waals surface area (Å²) in [6, 6.07) is 7.63. The third kappa shape index (κ3) is 2.44. The second kappa shape index (κ2) is 4.29. The minimum Gasteiger partial charge on any atom is -0.363 e. The molecule has 4 nitrogen and oxygen atoms in total. The number of aryl methyl sites for hydroxylation is 1. The van der Waals surface area contributed by atoms with Crippen molar-refractivity contribution < 1.29 is 9.18 Å². The van der Waals surface area contributed by atoms with E-state index in [1.807, 2.05) is 0 Å². The molecule has 0 bridgehead atoms. The van der Waals surface area contributed by atoms with Gasteiger partial charge in [0, 0.05) is 11.3 Å². The van der Waals surface area contributed by atoms with E-state index in [-0.39, 0.29) is 11.6 Å². The number of hydrogen-bond acceptors (Lipinski definition) is 3. The first kappa shape index (κ1) is 11.2. The van der Waals surface area contributed by atoms with Crippen molar-refractivity contribution in [2.24, 2.45) is 5.73 Å². The molecule has 1 aromatic carbocycles. The minimum absolute atomic E-state index is 0.0655. The van der Waals surface area contributed by atoms with Crippen molar-refractivity contribution in [3.05, 3.63) is 47.7 Å².